The molecular weight excluding hydrogens is 295 g/mol. The number of rotatable bonds is 1. The minimum Gasteiger partial charge on any atom is -0.506 e. The fourth-order valence-corrected chi connectivity index (χ4v) is 3.23. The van der Waals surface area contributed by atoms with Crippen LogP contribution in [0.3, 0.4) is 0 Å². The van der Waals surface area contributed by atoms with E-state index in [1.54, 1.807) is 16.7 Å². The van der Waals surface area contributed by atoms with Gasteiger partial charge in [0.25, 0.3) is 0 Å². The number of aromatic hydroxyl groups is 1. The summed E-state index contributed by atoms with van der Waals surface area (Å²) in [5.41, 5.74) is 1.28. The van der Waals surface area contributed by atoms with E-state index in [-0.39, 0.29) is 0 Å². The lowest BCUT2D eigenvalue weighted by Crippen LogP contribution is -1.81. The molecule has 1 aromatic carbocycles. The molecule has 0 bridgehead atoms. The van der Waals surface area contributed by atoms with E-state index in [9.17, 15) is 5.11 Å². The number of aryl methyl sites for hydroxylation is 1. The highest BCUT2D eigenvalue weighted by molar-refractivity contribution is 14.1. The second-order valence-electron chi connectivity index (χ2n) is 2.93. The van der Waals surface area contributed by atoms with Crippen LogP contribution in [-0.4, -0.2) is 5.11 Å². The molecule has 0 unspecified atom stereocenters. The molecule has 1 heterocycles. The van der Waals surface area contributed by atoms with E-state index in [0.717, 1.165) is 11.8 Å². The molecule has 0 aliphatic carbocycles. The van der Waals surface area contributed by atoms with Crippen molar-refractivity contribution in [3.05, 3.63) is 26.6 Å². The fraction of sp³-hybridized carbons (Fsp3) is 0.200. The van der Waals surface area contributed by atoms with Crippen LogP contribution in [0.15, 0.2) is 17.5 Å². The number of halogens is 1. The molecule has 1 N–H and O–H groups in total. The zero-order valence-corrected chi connectivity index (χ0v) is 10.1. The maximum absolute atomic E-state index is 9.56. The number of hydrogen-bond donors (Lipinski definition) is 1. The first-order valence-electron chi connectivity index (χ1n) is 4.11. The molecule has 0 saturated heterocycles. The molecule has 0 radical (unpaired) electrons. The third kappa shape index (κ3) is 1.55. The van der Waals surface area contributed by atoms with Gasteiger partial charge in [-0.3, -0.25) is 0 Å². The van der Waals surface area contributed by atoms with Crippen LogP contribution in [0.5, 0.6) is 5.75 Å². The van der Waals surface area contributed by atoms with Crippen molar-refractivity contribution in [2.45, 2.75) is 13.3 Å². The lowest BCUT2D eigenvalue weighted by molar-refractivity contribution is 0.483. The zero-order chi connectivity index (χ0) is 9.42. The van der Waals surface area contributed by atoms with Gasteiger partial charge in [0.2, 0.25) is 0 Å². The largest absolute Gasteiger partial charge is 0.506 e. The average molecular weight is 304 g/mol. The van der Waals surface area contributed by atoms with Crippen LogP contribution < -0.4 is 0 Å². The first-order chi connectivity index (χ1) is 6.22. The Morgan fingerprint density at radius 1 is 1.46 bits per heavy atom. The highest BCUT2D eigenvalue weighted by Crippen LogP contribution is 2.35. The smallest absolute Gasteiger partial charge is 0.134 e. The maximum Gasteiger partial charge on any atom is 0.134 e. The van der Waals surface area contributed by atoms with E-state index in [1.165, 1.54) is 13.8 Å². The van der Waals surface area contributed by atoms with E-state index in [0.29, 0.717) is 5.75 Å². The third-order valence-corrected chi connectivity index (χ3v) is 4.31. The molecule has 0 spiro atoms. The maximum atomic E-state index is 9.56. The van der Waals surface area contributed by atoms with Gasteiger partial charge in [-0.15, -0.1) is 11.3 Å². The molecule has 0 aliphatic heterocycles. The molecule has 0 fully saturated rings. The Labute approximate surface area is 94.5 Å². The van der Waals surface area contributed by atoms with Crippen molar-refractivity contribution in [1.82, 2.24) is 0 Å². The van der Waals surface area contributed by atoms with Crippen molar-refractivity contribution in [2.75, 3.05) is 0 Å². The highest BCUT2D eigenvalue weighted by Gasteiger charge is 2.06. The molecule has 13 heavy (non-hydrogen) atoms. The van der Waals surface area contributed by atoms with E-state index < -0.39 is 0 Å². The summed E-state index contributed by atoms with van der Waals surface area (Å²) >= 11 is 3.92. The van der Waals surface area contributed by atoms with E-state index >= 15 is 0 Å². The van der Waals surface area contributed by atoms with E-state index in [2.05, 4.69) is 41.6 Å². The molecule has 0 saturated carbocycles. The second kappa shape index (κ2) is 3.46. The molecule has 2 aromatic rings. The Hall–Kier alpha value is -0.290. The normalized spacial score (nSPS) is 10.9. The van der Waals surface area contributed by atoms with Crippen LogP contribution in [-0.2, 0) is 6.42 Å². The highest BCUT2D eigenvalue weighted by atomic mass is 127. The molecule has 0 atom stereocenters. The first kappa shape index (κ1) is 9.27. The summed E-state index contributed by atoms with van der Waals surface area (Å²) in [6, 6.07) is 4.25. The summed E-state index contributed by atoms with van der Waals surface area (Å²) in [5.74, 6) is 0.410. The van der Waals surface area contributed by atoms with Crippen molar-refractivity contribution in [3.63, 3.8) is 0 Å². The summed E-state index contributed by atoms with van der Waals surface area (Å²) < 4.78 is 2.42. The quantitative estimate of drug-likeness (QED) is 0.795. The summed E-state index contributed by atoms with van der Waals surface area (Å²) in [6.45, 7) is 2.13. The van der Waals surface area contributed by atoms with Gasteiger partial charge < -0.3 is 5.11 Å². The lowest BCUT2D eigenvalue weighted by atomic mass is 10.1. The SMILES string of the molecule is CCc1cc(I)c2scc(O)c2c1. The third-order valence-electron chi connectivity index (χ3n) is 2.08. The zero-order valence-electron chi connectivity index (χ0n) is 7.17. The van der Waals surface area contributed by atoms with Crippen LogP contribution in [0.25, 0.3) is 10.1 Å². The predicted molar refractivity (Wildman–Crippen MR) is 65.6 cm³/mol. The van der Waals surface area contributed by atoms with Crippen molar-refractivity contribution < 1.29 is 5.11 Å². The van der Waals surface area contributed by atoms with Gasteiger partial charge in [-0.05, 0) is 46.7 Å². The van der Waals surface area contributed by atoms with Crippen LogP contribution >= 0.6 is 33.9 Å². The Morgan fingerprint density at radius 2 is 2.23 bits per heavy atom. The predicted octanol–water partition coefficient (Wildman–Crippen LogP) is 3.77. The minimum atomic E-state index is 0.410. The summed E-state index contributed by atoms with van der Waals surface area (Å²) in [6.07, 6.45) is 1.02. The summed E-state index contributed by atoms with van der Waals surface area (Å²) in [4.78, 5) is 0. The Morgan fingerprint density at radius 3 is 2.92 bits per heavy atom. The molecule has 1 nitrogen and oxygen atoms in total. The summed E-state index contributed by atoms with van der Waals surface area (Å²) in [7, 11) is 0. The number of hydrogen-bond acceptors (Lipinski definition) is 2. The topological polar surface area (TPSA) is 20.2 Å². The van der Waals surface area contributed by atoms with E-state index in [4.69, 9.17) is 0 Å². The Balaban J connectivity index is 2.80. The van der Waals surface area contributed by atoms with Gasteiger partial charge in [0, 0.05) is 14.3 Å². The van der Waals surface area contributed by atoms with Crippen LogP contribution in [0.2, 0.25) is 0 Å². The number of fused-ring (bicyclic) bond motifs is 1. The second-order valence-corrected chi connectivity index (χ2v) is 4.97. The number of thiophene rings is 1. The van der Waals surface area contributed by atoms with Gasteiger partial charge in [0.15, 0.2) is 0 Å². The standard InChI is InChI=1S/C10H9IOS/c1-2-6-3-7-9(12)5-13-10(7)8(11)4-6/h3-5,12H,2H2,1H3. The van der Waals surface area contributed by atoms with Gasteiger partial charge in [-0.2, -0.15) is 0 Å². The molecule has 0 aliphatic rings. The van der Waals surface area contributed by atoms with Gasteiger partial charge in [-0.1, -0.05) is 6.92 Å². The molecule has 2 rings (SSSR count). The fourth-order valence-electron chi connectivity index (χ4n) is 1.34. The van der Waals surface area contributed by atoms with Gasteiger partial charge in [-0.25, -0.2) is 0 Å². The average Bonchev–Trinajstić information content (AvgIpc) is 2.48. The molecule has 3 heteroatoms. The first-order valence-corrected chi connectivity index (χ1v) is 6.06. The molecule has 68 valence electrons. The molecule has 0 amide bonds. The van der Waals surface area contributed by atoms with Gasteiger partial charge in [0.1, 0.15) is 5.75 Å². The monoisotopic (exact) mass is 304 g/mol. The van der Waals surface area contributed by atoms with Crippen molar-refractivity contribution in [1.29, 1.82) is 0 Å². The number of benzene rings is 1. The van der Waals surface area contributed by atoms with E-state index in [1.807, 2.05) is 0 Å². The molecule has 1 aromatic heterocycles. The van der Waals surface area contributed by atoms with Gasteiger partial charge in [0.05, 0.1) is 4.70 Å². The lowest BCUT2D eigenvalue weighted by Gasteiger charge is -1.99. The van der Waals surface area contributed by atoms with Crippen molar-refractivity contribution in [3.8, 4) is 5.75 Å². The van der Waals surface area contributed by atoms with Crippen LogP contribution in [0, 0.1) is 3.57 Å². The Bertz CT molecular complexity index is 447. The van der Waals surface area contributed by atoms with Crippen molar-refractivity contribution in [2.24, 2.45) is 0 Å². The van der Waals surface area contributed by atoms with Crippen LogP contribution in [0.1, 0.15) is 12.5 Å². The van der Waals surface area contributed by atoms with Gasteiger partial charge >= 0.3 is 0 Å². The van der Waals surface area contributed by atoms with Crippen molar-refractivity contribution >= 4 is 44.0 Å². The Kier molecular flexibility index (Phi) is 2.47. The summed E-state index contributed by atoms with van der Waals surface area (Å²) in [5, 5.41) is 12.4. The minimum absolute atomic E-state index is 0.410. The van der Waals surface area contributed by atoms with Crippen LogP contribution in [0.4, 0.5) is 0 Å². The molecular formula is C10H9IOS.